The third-order valence-corrected chi connectivity index (χ3v) is 3.32. The van der Waals surface area contributed by atoms with Gasteiger partial charge in [0.15, 0.2) is 6.29 Å². The van der Waals surface area contributed by atoms with E-state index in [-0.39, 0.29) is 6.10 Å². The molecule has 0 aliphatic carbocycles. The molecule has 1 saturated heterocycles. The Morgan fingerprint density at radius 1 is 1.33 bits per heavy atom. The van der Waals surface area contributed by atoms with Crippen molar-refractivity contribution in [2.45, 2.75) is 32.2 Å². The van der Waals surface area contributed by atoms with Gasteiger partial charge in [-0.2, -0.15) is 0 Å². The molecule has 0 aromatic heterocycles. The maximum atomic E-state index is 9.28. The Balaban J connectivity index is 2.21. The Morgan fingerprint density at radius 2 is 2.00 bits per heavy atom. The maximum absolute atomic E-state index is 9.28. The normalized spacial score (nSPS) is 17.2. The van der Waals surface area contributed by atoms with Gasteiger partial charge >= 0.3 is 0 Å². The molecule has 100 valence electrons. The van der Waals surface area contributed by atoms with Crippen molar-refractivity contribution in [1.82, 2.24) is 0 Å². The van der Waals surface area contributed by atoms with Gasteiger partial charge in [-0.1, -0.05) is 11.6 Å². The molecular weight excluding hydrogens is 256 g/mol. The van der Waals surface area contributed by atoms with Gasteiger partial charge in [-0.25, -0.2) is 0 Å². The van der Waals surface area contributed by atoms with Crippen LogP contribution in [0.3, 0.4) is 0 Å². The summed E-state index contributed by atoms with van der Waals surface area (Å²) in [5.74, 6) is 0.609. The van der Waals surface area contributed by atoms with Crippen molar-refractivity contribution in [3.05, 3.63) is 28.3 Å². The Kier molecular flexibility index (Phi) is 4.45. The van der Waals surface area contributed by atoms with Crippen LogP contribution < -0.4 is 4.74 Å². The number of hydrogen-bond donors (Lipinski definition) is 2. The molecule has 0 bridgehead atoms. The molecule has 0 saturated carbocycles. The summed E-state index contributed by atoms with van der Waals surface area (Å²) in [5, 5.41) is 19.0. The molecule has 1 aliphatic heterocycles. The first-order valence-electron chi connectivity index (χ1n) is 5.98. The lowest BCUT2D eigenvalue weighted by Crippen LogP contribution is -2.26. The molecule has 0 atom stereocenters. The average Bonchev–Trinajstić information content (AvgIpc) is 2.34. The van der Waals surface area contributed by atoms with Crippen LogP contribution in [0.2, 0.25) is 5.02 Å². The zero-order valence-corrected chi connectivity index (χ0v) is 11.0. The molecule has 5 heteroatoms. The van der Waals surface area contributed by atoms with Crippen LogP contribution in [0, 0.1) is 6.92 Å². The molecule has 1 heterocycles. The monoisotopic (exact) mass is 272 g/mol. The lowest BCUT2D eigenvalue weighted by molar-refractivity contribution is -0.0433. The number of ether oxygens (including phenoxy) is 2. The highest BCUT2D eigenvalue weighted by Crippen LogP contribution is 2.31. The van der Waals surface area contributed by atoms with Crippen molar-refractivity contribution in [3.8, 4) is 5.75 Å². The summed E-state index contributed by atoms with van der Waals surface area (Å²) in [6.45, 7) is 3.18. The average molecular weight is 273 g/mol. The molecule has 0 amide bonds. The van der Waals surface area contributed by atoms with E-state index in [1.54, 1.807) is 19.1 Å². The second-order valence-electron chi connectivity index (χ2n) is 4.42. The van der Waals surface area contributed by atoms with Crippen LogP contribution in [0.1, 0.15) is 30.3 Å². The van der Waals surface area contributed by atoms with Crippen LogP contribution in [0.4, 0.5) is 0 Å². The predicted molar refractivity (Wildman–Crippen MR) is 67.8 cm³/mol. The lowest BCUT2D eigenvalue weighted by Gasteiger charge is -2.25. The Bertz CT molecular complexity index is 414. The summed E-state index contributed by atoms with van der Waals surface area (Å²) < 4.78 is 11.1. The number of rotatable bonds is 3. The molecule has 0 unspecified atom stereocenters. The van der Waals surface area contributed by atoms with E-state index in [9.17, 15) is 10.2 Å². The van der Waals surface area contributed by atoms with Crippen molar-refractivity contribution >= 4 is 11.6 Å². The quantitative estimate of drug-likeness (QED) is 0.828. The third-order valence-electron chi connectivity index (χ3n) is 3.11. The van der Waals surface area contributed by atoms with Crippen LogP contribution in [0.5, 0.6) is 5.75 Å². The van der Waals surface area contributed by atoms with Crippen LogP contribution in [0.15, 0.2) is 12.1 Å². The van der Waals surface area contributed by atoms with Gasteiger partial charge in [-0.3, -0.25) is 0 Å². The van der Waals surface area contributed by atoms with Gasteiger partial charge in [0.25, 0.3) is 0 Å². The van der Waals surface area contributed by atoms with Gasteiger partial charge in [-0.15, -0.1) is 0 Å². The molecule has 1 fully saturated rings. The van der Waals surface area contributed by atoms with Crippen molar-refractivity contribution in [3.63, 3.8) is 0 Å². The van der Waals surface area contributed by atoms with Crippen LogP contribution in [-0.2, 0) is 4.74 Å². The van der Waals surface area contributed by atoms with Crippen LogP contribution in [-0.4, -0.2) is 29.5 Å². The first kappa shape index (κ1) is 13.6. The summed E-state index contributed by atoms with van der Waals surface area (Å²) in [5.41, 5.74) is 1.09. The van der Waals surface area contributed by atoms with Gasteiger partial charge in [0.05, 0.1) is 13.2 Å². The van der Waals surface area contributed by atoms with E-state index in [2.05, 4.69) is 0 Å². The van der Waals surface area contributed by atoms with E-state index in [1.807, 2.05) is 0 Å². The van der Waals surface area contributed by atoms with Gasteiger partial charge in [0.2, 0.25) is 0 Å². The number of benzene rings is 1. The third kappa shape index (κ3) is 3.14. The second-order valence-corrected chi connectivity index (χ2v) is 4.86. The minimum absolute atomic E-state index is 0.0969. The Morgan fingerprint density at radius 3 is 2.61 bits per heavy atom. The van der Waals surface area contributed by atoms with E-state index < -0.39 is 6.29 Å². The molecule has 1 aromatic carbocycles. The fourth-order valence-corrected chi connectivity index (χ4v) is 2.25. The van der Waals surface area contributed by atoms with Crippen molar-refractivity contribution < 1.29 is 19.7 Å². The van der Waals surface area contributed by atoms with E-state index in [0.717, 1.165) is 12.8 Å². The lowest BCUT2D eigenvalue weighted by atomic mass is 10.1. The zero-order valence-electron chi connectivity index (χ0n) is 10.2. The van der Waals surface area contributed by atoms with Crippen molar-refractivity contribution in [2.24, 2.45) is 0 Å². The van der Waals surface area contributed by atoms with Gasteiger partial charge in [0.1, 0.15) is 11.9 Å². The molecule has 2 N–H and O–H groups in total. The number of halogens is 1. The number of aliphatic hydroxyl groups is 2. The van der Waals surface area contributed by atoms with Crippen molar-refractivity contribution in [1.29, 1.82) is 0 Å². The van der Waals surface area contributed by atoms with Gasteiger partial charge < -0.3 is 19.7 Å². The molecule has 18 heavy (non-hydrogen) atoms. The highest BCUT2D eigenvalue weighted by Gasteiger charge is 2.19. The highest BCUT2D eigenvalue weighted by atomic mass is 35.5. The summed E-state index contributed by atoms with van der Waals surface area (Å²) in [6.07, 6.45) is 0.228. The smallest absolute Gasteiger partial charge is 0.178 e. The molecule has 2 rings (SSSR count). The molecule has 1 aliphatic rings. The zero-order chi connectivity index (χ0) is 13.1. The van der Waals surface area contributed by atoms with E-state index in [1.165, 1.54) is 0 Å². The van der Waals surface area contributed by atoms with Crippen LogP contribution >= 0.6 is 11.6 Å². The maximum Gasteiger partial charge on any atom is 0.178 e. The van der Waals surface area contributed by atoms with E-state index in [4.69, 9.17) is 21.1 Å². The van der Waals surface area contributed by atoms with E-state index >= 15 is 0 Å². The number of hydrogen-bond acceptors (Lipinski definition) is 4. The fourth-order valence-electron chi connectivity index (χ4n) is 2.04. The topological polar surface area (TPSA) is 58.9 Å². The minimum atomic E-state index is -1.54. The standard InChI is InChI=1S/C13H17ClO4/c1-8-11(13(15)16)6-9(14)7-12(8)18-10-2-4-17-5-3-10/h6-7,10,13,15-16H,2-5H2,1H3. The summed E-state index contributed by atoms with van der Waals surface area (Å²) >= 11 is 5.96. The second kappa shape index (κ2) is 5.89. The summed E-state index contributed by atoms with van der Waals surface area (Å²) in [7, 11) is 0. The minimum Gasteiger partial charge on any atom is -0.490 e. The Labute approximate surface area is 111 Å². The SMILES string of the molecule is Cc1c(OC2CCOCC2)cc(Cl)cc1C(O)O. The van der Waals surface area contributed by atoms with Gasteiger partial charge in [-0.05, 0) is 24.6 Å². The fraction of sp³-hybridized carbons (Fsp3) is 0.538. The van der Waals surface area contributed by atoms with E-state index in [0.29, 0.717) is 35.1 Å². The summed E-state index contributed by atoms with van der Waals surface area (Å²) in [4.78, 5) is 0. The predicted octanol–water partition coefficient (Wildman–Crippen LogP) is 2.19. The molecular formula is C13H17ClO4. The first-order valence-corrected chi connectivity index (χ1v) is 6.36. The van der Waals surface area contributed by atoms with Crippen LogP contribution in [0.25, 0.3) is 0 Å². The number of aliphatic hydroxyl groups excluding tert-OH is 1. The largest absolute Gasteiger partial charge is 0.490 e. The molecule has 0 spiro atoms. The highest BCUT2D eigenvalue weighted by molar-refractivity contribution is 6.30. The molecule has 0 radical (unpaired) electrons. The summed E-state index contributed by atoms with van der Waals surface area (Å²) in [6, 6.07) is 3.25. The first-order chi connectivity index (χ1) is 8.58. The molecule has 1 aromatic rings. The van der Waals surface area contributed by atoms with Gasteiger partial charge in [0, 0.05) is 23.4 Å². The Hall–Kier alpha value is -0.810. The molecule has 4 nitrogen and oxygen atoms in total. The van der Waals surface area contributed by atoms with Crippen molar-refractivity contribution in [2.75, 3.05) is 13.2 Å².